The quantitative estimate of drug-likeness (QED) is 0.641. The predicted octanol–water partition coefficient (Wildman–Crippen LogP) is 4.92. The minimum Gasteiger partial charge on any atom is -0.465 e. The monoisotopic (exact) mass is 390 g/mol. The molecule has 138 valence electrons. The first kappa shape index (κ1) is 19.2. The second-order valence-corrected chi connectivity index (χ2v) is 6.25. The van der Waals surface area contributed by atoms with E-state index >= 15 is 0 Å². The Kier molecular flexibility index (Phi) is 5.73. The van der Waals surface area contributed by atoms with E-state index in [4.69, 9.17) is 16.3 Å². The highest BCUT2D eigenvalue weighted by Crippen LogP contribution is 2.29. The van der Waals surface area contributed by atoms with Crippen LogP contribution in [-0.4, -0.2) is 19.0 Å². The molecule has 0 aliphatic rings. The molecule has 0 atom stereocenters. The molecular weight excluding hydrogens is 376 g/mol. The summed E-state index contributed by atoms with van der Waals surface area (Å²) >= 11 is 6.17. The van der Waals surface area contributed by atoms with E-state index in [0.29, 0.717) is 22.3 Å². The summed E-state index contributed by atoms with van der Waals surface area (Å²) in [6, 6.07) is 20.7. The maximum atomic E-state index is 12.9. The first-order chi connectivity index (χ1) is 13.5. The second kappa shape index (κ2) is 8.38. The van der Waals surface area contributed by atoms with Crippen molar-refractivity contribution in [2.45, 2.75) is 0 Å². The zero-order valence-electron chi connectivity index (χ0n) is 14.9. The zero-order chi connectivity index (χ0) is 20.1. The van der Waals surface area contributed by atoms with Gasteiger partial charge in [-0.1, -0.05) is 48.0 Å². The van der Waals surface area contributed by atoms with Crippen molar-refractivity contribution in [3.63, 3.8) is 0 Å². The summed E-state index contributed by atoms with van der Waals surface area (Å²) in [6.45, 7) is 0. The summed E-state index contributed by atoms with van der Waals surface area (Å²) in [4.78, 5) is 24.7. The molecule has 0 heterocycles. The topological polar surface area (TPSA) is 79.2 Å². The Bertz CT molecular complexity index is 1100. The number of carbonyl (C=O) groups is 2. The number of methoxy groups -OCH3 is 1. The van der Waals surface area contributed by atoms with Crippen molar-refractivity contribution in [3.8, 4) is 17.2 Å². The molecule has 0 unspecified atom stereocenters. The molecule has 3 rings (SSSR count). The van der Waals surface area contributed by atoms with E-state index in [1.807, 2.05) is 6.07 Å². The number of anilines is 1. The molecule has 1 N–H and O–H groups in total. The third-order valence-corrected chi connectivity index (χ3v) is 4.47. The van der Waals surface area contributed by atoms with E-state index in [1.54, 1.807) is 42.5 Å². The standard InChI is InChI=1S/C22H15ClN2O3/c1-28-22(27)14-10-11-19(23)20(12-14)25-21(26)18-9-5-4-8-17(18)16-7-3-2-6-15(16)13-24/h2-12H,1H3,(H,25,26). The van der Waals surface area contributed by atoms with Crippen molar-refractivity contribution in [1.29, 1.82) is 5.26 Å². The molecule has 0 saturated heterocycles. The molecular formula is C22H15ClN2O3. The number of nitrogens with one attached hydrogen (secondary N) is 1. The lowest BCUT2D eigenvalue weighted by atomic mass is 9.95. The lowest BCUT2D eigenvalue weighted by Gasteiger charge is -2.13. The number of hydrogen-bond donors (Lipinski definition) is 1. The van der Waals surface area contributed by atoms with Gasteiger partial charge in [-0.05, 0) is 35.9 Å². The molecule has 0 spiro atoms. The normalized spacial score (nSPS) is 10.0. The summed E-state index contributed by atoms with van der Waals surface area (Å²) in [6.07, 6.45) is 0. The average molecular weight is 391 g/mol. The van der Waals surface area contributed by atoms with Crippen molar-refractivity contribution in [1.82, 2.24) is 0 Å². The van der Waals surface area contributed by atoms with Gasteiger partial charge in [-0.3, -0.25) is 4.79 Å². The highest BCUT2D eigenvalue weighted by atomic mass is 35.5. The summed E-state index contributed by atoms with van der Waals surface area (Å²) in [5, 5.41) is 12.4. The molecule has 0 fully saturated rings. The van der Waals surface area contributed by atoms with Crippen molar-refractivity contribution >= 4 is 29.2 Å². The van der Waals surface area contributed by atoms with Crippen LogP contribution in [0.2, 0.25) is 5.02 Å². The zero-order valence-corrected chi connectivity index (χ0v) is 15.7. The molecule has 0 aliphatic carbocycles. The molecule has 28 heavy (non-hydrogen) atoms. The van der Waals surface area contributed by atoms with Crippen LogP contribution >= 0.6 is 11.6 Å². The number of halogens is 1. The lowest BCUT2D eigenvalue weighted by Crippen LogP contribution is -2.14. The highest BCUT2D eigenvalue weighted by Gasteiger charge is 2.17. The first-order valence-corrected chi connectivity index (χ1v) is 8.70. The fourth-order valence-corrected chi connectivity index (χ4v) is 2.95. The largest absolute Gasteiger partial charge is 0.465 e. The Morgan fingerprint density at radius 1 is 1.00 bits per heavy atom. The van der Waals surface area contributed by atoms with Crippen molar-refractivity contribution in [3.05, 3.63) is 88.4 Å². The molecule has 3 aromatic carbocycles. The Labute approximate surface area is 167 Å². The van der Waals surface area contributed by atoms with Crippen LogP contribution in [0.15, 0.2) is 66.7 Å². The number of ether oxygens (including phenoxy) is 1. The third kappa shape index (κ3) is 3.88. The molecule has 0 aliphatic heterocycles. The van der Waals surface area contributed by atoms with Crippen molar-refractivity contribution in [2.24, 2.45) is 0 Å². The van der Waals surface area contributed by atoms with Crippen LogP contribution in [0, 0.1) is 11.3 Å². The third-order valence-electron chi connectivity index (χ3n) is 4.15. The fourth-order valence-electron chi connectivity index (χ4n) is 2.79. The molecule has 3 aromatic rings. The maximum Gasteiger partial charge on any atom is 0.337 e. The summed E-state index contributed by atoms with van der Waals surface area (Å²) in [5.74, 6) is -0.942. The van der Waals surface area contributed by atoms with Gasteiger partial charge in [-0.15, -0.1) is 0 Å². The van der Waals surface area contributed by atoms with Gasteiger partial charge in [0, 0.05) is 11.1 Å². The lowest BCUT2D eigenvalue weighted by molar-refractivity contribution is 0.0600. The van der Waals surface area contributed by atoms with Crippen LogP contribution < -0.4 is 5.32 Å². The number of rotatable bonds is 4. The van der Waals surface area contributed by atoms with E-state index in [9.17, 15) is 14.9 Å². The molecule has 0 aromatic heterocycles. The second-order valence-electron chi connectivity index (χ2n) is 5.84. The van der Waals surface area contributed by atoms with Crippen LogP contribution in [0.4, 0.5) is 5.69 Å². The van der Waals surface area contributed by atoms with Crippen LogP contribution in [-0.2, 0) is 4.74 Å². The molecule has 0 bridgehead atoms. The van der Waals surface area contributed by atoms with E-state index in [-0.39, 0.29) is 16.3 Å². The van der Waals surface area contributed by atoms with Gasteiger partial charge in [0.2, 0.25) is 0 Å². The smallest absolute Gasteiger partial charge is 0.337 e. The van der Waals surface area contributed by atoms with Gasteiger partial charge in [0.15, 0.2) is 0 Å². The minimum atomic E-state index is -0.532. The fraction of sp³-hybridized carbons (Fsp3) is 0.0455. The number of amides is 1. The highest BCUT2D eigenvalue weighted by molar-refractivity contribution is 6.34. The number of hydrogen-bond acceptors (Lipinski definition) is 4. The van der Waals surface area contributed by atoms with Gasteiger partial charge in [0.1, 0.15) is 0 Å². The van der Waals surface area contributed by atoms with Gasteiger partial charge < -0.3 is 10.1 Å². The molecule has 1 amide bonds. The number of nitrogens with zero attached hydrogens (tertiary/aromatic N) is 1. The number of esters is 1. The van der Waals surface area contributed by atoms with Gasteiger partial charge in [-0.25, -0.2) is 4.79 Å². The average Bonchev–Trinajstić information content (AvgIpc) is 2.74. The van der Waals surface area contributed by atoms with Crippen molar-refractivity contribution in [2.75, 3.05) is 12.4 Å². The number of benzene rings is 3. The Morgan fingerprint density at radius 3 is 2.39 bits per heavy atom. The van der Waals surface area contributed by atoms with Crippen LogP contribution in [0.25, 0.3) is 11.1 Å². The predicted molar refractivity (Wildman–Crippen MR) is 107 cm³/mol. The summed E-state index contributed by atoms with van der Waals surface area (Å²) in [7, 11) is 1.28. The SMILES string of the molecule is COC(=O)c1ccc(Cl)c(NC(=O)c2ccccc2-c2ccccc2C#N)c1. The van der Waals surface area contributed by atoms with Crippen LogP contribution in [0.5, 0.6) is 0 Å². The van der Waals surface area contributed by atoms with Crippen LogP contribution in [0.1, 0.15) is 26.3 Å². The van der Waals surface area contributed by atoms with E-state index < -0.39 is 11.9 Å². The van der Waals surface area contributed by atoms with Crippen LogP contribution in [0.3, 0.4) is 0 Å². The van der Waals surface area contributed by atoms with Gasteiger partial charge in [-0.2, -0.15) is 5.26 Å². The molecule has 0 radical (unpaired) electrons. The molecule has 6 heteroatoms. The number of nitriles is 1. The van der Waals surface area contributed by atoms with E-state index in [2.05, 4.69) is 11.4 Å². The summed E-state index contributed by atoms with van der Waals surface area (Å²) < 4.78 is 4.70. The van der Waals surface area contributed by atoms with Gasteiger partial charge >= 0.3 is 5.97 Å². The van der Waals surface area contributed by atoms with E-state index in [0.717, 1.165) is 0 Å². The minimum absolute atomic E-state index is 0.269. The maximum absolute atomic E-state index is 12.9. The Morgan fingerprint density at radius 2 is 1.68 bits per heavy atom. The number of carbonyl (C=O) groups excluding carboxylic acids is 2. The molecule has 5 nitrogen and oxygen atoms in total. The van der Waals surface area contributed by atoms with Gasteiger partial charge in [0.05, 0.1) is 35.0 Å². The summed E-state index contributed by atoms with van der Waals surface area (Å²) in [5.41, 5.74) is 2.68. The first-order valence-electron chi connectivity index (χ1n) is 8.33. The Hall–Kier alpha value is -3.62. The molecule has 0 saturated carbocycles. The van der Waals surface area contributed by atoms with E-state index in [1.165, 1.54) is 25.3 Å². The Balaban J connectivity index is 2.00. The van der Waals surface area contributed by atoms with Gasteiger partial charge in [0.25, 0.3) is 5.91 Å². The van der Waals surface area contributed by atoms with Crippen molar-refractivity contribution < 1.29 is 14.3 Å².